The molecule has 1 aromatic rings. The highest BCUT2D eigenvalue weighted by molar-refractivity contribution is 6.29. The number of hydrogen-bond acceptors (Lipinski definition) is 4. The maximum Gasteiger partial charge on any atom is 0.272 e. The second-order valence-corrected chi connectivity index (χ2v) is 3.17. The minimum absolute atomic E-state index is 0.0232. The molecule has 0 unspecified atom stereocenters. The van der Waals surface area contributed by atoms with Gasteiger partial charge in [0.25, 0.3) is 6.43 Å². The number of hydrogen-bond donors (Lipinski definition) is 0. The van der Waals surface area contributed by atoms with Crippen molar-refractivity contribution in [3.63, 3.8) is 0 Å². The first-order valence-corrected chi connectivity index (χ1v) is 5.01. The third kappa shape index (κ3) is 4.67. The normalized spacial score (nSPS) is 10.8. The molecule has 16 heavy (non-hydrogen) atoms. The van der Waals surface area contributed by atoms with Crippen LogP contribution < -0.4 is 4.74 Å². The third-order valence-electron chi connectivity index (χ3n) is 1.51. The standard InChI is InChI=1S/C9H11ClF2N2O2/c1-2-15-5-8-13-6(10)3-9(14-8)16-4-7(11)12/h3,7H,2,4-5H2,1H3. The zero-order valence-electron chi connectivity index (χ0n) is 8.62. The van der Waals surface area contributed by atoms with E-state index in [0.717, 1.165) is 0 Å². The Bertz CT molecular complexity index is 339. The van der Waals surface area contributed by atoms with Crippen LogP contribution in [0.3, 0.4) is 0 Å². The first kappa shape index (κ1) is 13.1. The topological polar surface area (TPSA) is 44.2 Å². The van der Waals surface area contributed by atoms with Gasteiger partial charge < -0.3 is 9.47 Å². The van der Waals surface area contributed by atoms with Crippen LogP contribution in [0.25, 0.3) is 0 Å². The fourth-order valence-electron chi connectivity index (χ4n) is 0.922. The van der Waals surface area contributed by atoms with E-state index in [1.165, 1.54) is 6.07 Å². The number of alkyl halides is 2. The molecule has 0 amide bonds. The van der Waals surface area contributed by atoms with Crippen LogP contribution in [0.4, 0.5) is 8.78 Å². The van der Waals surface area contributed by atoms with Crippen molar-refractivity contribution < 1.29 is 18.3 Å². The Labute approximate surface area is 96.6 Å². The van der Waals surface area contributed by atoms with Crippen molar-refractivity contribution in [1.82, 2.24) is 9.97 Å². The van der Waals surface area contributed by atoms with Gasteiger partial charge in [-0.2, -0.15) is 4.98 Å². The smallest absolute Gasteiger partial charge is 0.272 e. The number of halogens is 3. The second kappa shape index (κ2) is 6.55. The fraction of sp³-hybridized carbons (Fsp3) is 0.556. The van der Waals surface area contributed by atoms with Crippen molar-refractivity contribution in [2.45, 2.75) is 20.0 Å². The summed E-state index contributed by atoms with van der Waals surface area (Å²) in [5.74, 6) is 0.327. The number of aromatic nitrogens is 2. The predicted molar refractivity (Wildman–Crippen MR) is 53.9 cm³/mol. The van der Waals surface area contributed by atoms with Gasteiger partial charge in [0.1, 0.15) is 11.8 Å². The third-order valence-corrected chi connectivity index (χ3v) is 1.70. The summed E-state index contributed by atoms with van der Waals surface area (Å²) in [6, 6.07) is 1.28. The first-order valence-electron chi connectivity index (χ1n) is 4.64. The Morgan fingerprint density at radius 2 is 2.19 bits per heavy atom. The molecule has 0 aliphatic heterocycles. The zero-order valence-corrected chi connectivity index (χ0v) is 9.38. The van der Waals surface area contributed by atoms with Gasteiger partial charge in [-0.3, -0.25) is 0 Å². The second-order valence-electron chi connectivity index (χ2n) is 2.78. The van der Waals surface area contributed by atoms with Gasteiger partial charge in [0, 0.05) is 12.7 Å². The van der Waals surface area contributed by atoms with Crippen LogP contribution in [-0.2, 0) is 11.3 Å². The van der Waals surface area contributed by atoms with Crippen LogP contribution in [0.1, 0.15) is 12.7 Å². The molecule has 0 N–H and O–H groups in total. The molecule has 0 aromatic carbocycles. The molecule has 0 atom stereocenters. The van der Waals surface area contributed by atoms with Gasteiger partial charge in [-0.15, -0.1) is 0 Å². The van der Waals surface area contributed by atoms with E-state index < -0.39 is 13.0 Å². The summed E-state index contributed by atoms with van der Waals surface area (Å²) in [6.45, 7) is 1.77. The molecular formula is C9H11ClF2N2O2. The van der Waals surface area contributed by atoms with Crippen molar-refractivity contribution in [3.05, 3.63) is 17.0 Å². The average molecular weight is 253 g/mol. The largest absolute Gasteiger partial charge is 0.471 e. The lowest BCUT2D eigenvalue weighted by Crippen LogP contribution is -2.09. The van der Waals surface area contributed by atoms with Gasteiger partial charge in [0.15, 0.2) is 12.4 Å². The van der Waals surface area contributed by atoms with E-state index in [0.29, 0.717) is 12.4 Å². The quantitative estimate of drug-likeness (QED) is 0.729. The fourth-order valence-corrected chi connectivity index (χ4v) is 1.11. The van der Waals surface area contributed by atoms with Gasteiger partial charge in [0.2, 0.25) is 5.88 Å². The molecule has 4 nitrogen and oxygen atoms in total. The van der Waals surface area contributed by atoms with Gasteiger partial charge in [-0.1, -0.05) is 11.6 Å². The zero-order chi connectivity index (χ0) is 12.0. The molecule has 1 rings (SSSR count). The van der Waals surface area contributed by atoms with Crippen LogP contribution in [0.2, 0.25) is 5.15 Å². The SMILES string of the molecule is CCOCc1nc(Cl)cc(OCC(F)F)n1. The maximum absolute atomic E-state index is 11.9. The summed E-state index contributed by atoms with van der Waals surface area (Å²) in [5, 5.41) is 0.133. The summed E-state index contributed by atoms with van der Waals surface area (Å²) < 4.78 is 33.6. The van der Waals surface area contributed by atoms with Crippen LogP contribution >= 0.6 is 11.6 Å². The molecule has 7 heteroatoms. The lowest BCUT2D eigenvalue weighted by Gasteiger charge is -2.06. The minimum atomic E-state index is -2.55. The summed E-state index contributed by atoms with van der Waals surface area (Å²) in [4.78, 5) is 7.73. The Morgan fingerprint density at radius 3 is 2.81 bits per heavy atom. The van der Waals surface area contributed by atoms with Crippen molar-refractivity contribution in [2.75, 3.05) is 13.2 Å². The molecule has 0 aliphatic carbocycles. The van der Waals surface area contributed by atoms with E-state index in [9.17, 15) is 8.78 Å². The highest BCUT2D eigenvalue weighted by atomic mass is 35.5. The van der Waals surface area contributed by atoms with Crippen LogP contribution in [0, 0.1) is 0 Å². The van der Waals surface area contributed by atoms with Gasteiger partial charge in [-0.05, 0) is 6.92 Å². The highest BCUT2D eigenvalue weighted by Crippen LogP contribution is 2.14. The summed E-state index contributed by atoms with van der Waals surface area (Å²) in [5.41, 5.74) is 0. The molecule has 0 bridgehead atoms. The summed E-state index contributed by atoms with van der Waals surface area (Å²) in [6.07, 6.45) is -2.55. The molecule has 1 aromatic heterocycles. The predicted octanol–water partition coefficient (Wildman–Crippen LogP) is 2.31. The number of nitrogens with zero attached hydrogens (tertiary/aromatic N) is 2. The Kier molecular flexibility index (Phi) is 5.34. The molecule has 0 aliphatic rings. The van der Waals surface area contributed by atoms with Crippen molar-refractivity contribution in [2.24, 2.45) is 0 Å². The van der Waals surface area contributed by atoms with E-state index in [4.69, 9.17) is 21.1 Å². The lowest BCUT2D eigenvalue weighted by molar-refractivity contribution is 0.0786. The van der Waals surface area contributed by atoms with Crippen LogP contribution in [0.15, 0.2) is 6.07 Å². The van der Waals surface area contributed by atoms with Crippen LogP contribution in [-0.4, -0.2) is 29.6 Å². The monoisotopic (exact) mass is 252 g/mol. The molecule has 1 heterocycles. The van der Waals surface area contributed by atoms with E-state index >= 15 is 0 Å². The Morgan fingerprint density at radius 1 is 1.44 bits per heavy atom. The lowest BCUT2D eigenvalue weighted by atomic mass is 10.5. The Balaban J connectivity index is 2.65. The van der Waals surface area contributed by atoms with Crippen molar-refractivity contribution in [3.8, 4) is 5.88 Å². The van der Waals surface area contributed by atoms with E-state index in [-0.39, 0.29) is 17.6 Å². The molecule has 0 radical (unpaired) electrons. The van der Waals surface area contributed by atoms with Crippen LogP contribution in [0.5, 0.6) is 5.88 Å². The average Bonchev–Trinajstić information content (AvgIpc) is 2.23. The number of rotatable bonds is 6. The van der Waals surface area contributed by atoms with Crippen molar-refractivity contribution in [1.29, 1.82) is 0 Å². The highest BCUT2D eigenvalue weighted by Gasteiger charge is 2.08. The molecule has 0 saturated heterocycles. The molecule has 0 spiro atoms. The summed E-state index contributed by atoms with van der Waals surface area (Å²) >= 11 is 5.67. The van der Waals surface area contributed by atoms with Crippen molar-refractivity contribution >= 4 is 11.6 Å². The molecule has 90 valence electrons. The minimum Gasteiger partial charge on any atom is -0.471 e. The van der Waals surface area contributed by atoms with E-state index in [1.54, 1.807) is 0 Å². The van der Waals surface area contributed by atoms with E-state index in [2.05, 4.69) is 9.97 Å². The molecule has 0 saturated carbocycles. The maximum atomic E-state index is 11.9. The first-order chi connectivity index (χ1) is 7.61. The van der Waals surface area contributed by atoms with Gasteiger partial charge in [-0.25, -0.2) is 13.8 Å². The van der Waals surface area contributed by atoms with Gasteiger partial charge in [0.05, 0.1) is 0 Å². The van der Waals surface area contributed by atoms with Gasteiger partial charge >= 0.3 is 0 Å². The summed E-state index contributed by atoms with van der Waals surface area (Å²) in [7, 11) is 0. The molecular weight excluding hydrogens is 242 g/mol. The molecule has 0 fully saturated rings. The Hall–Kier alpha value is -1.01. The number of ether oxygens (including phenoxy) is 2. The van der Waals surface area contributed by atoms with E-state index in [1.807, 2.05) is 6.92 Å².